The van der Waals surface area contributed by atoms with E-state index in [9.17, 15) is 13.2 Å². The first kappa shape index (κ1) is 11.8. The van der Waals surface area contributed by atoms with E-state index in [0.29, 0.717) is 0 Å². The first-order chi connectivity index (χ1) is 6.68. The van der Waals surface area contributed by atoms with Gasteiger partial charge in [0.1, 0.15) is 10.4 Å². The van der Waals surface area contributed by atoms with E-state index in [2.05, 4.69) is 10.3 Å². The molecule has 1 heterocycles. The van der Waals surface area contributed by atoms with Crippen LogP contribution in [0.4, 0.5) is 0 Å². The highest BCUT2D eigenvalue weighted by Gasteiger charge is 2.40. The predicted octanol–water partition coefficient (Wildman–Crippen LogP) is -0.179. The standard InChI is InChI=1S/C8H13N3O3S/c1-8(2,15(4,13)14)7(12)6-5-9-10-11(6)3/h5H,1-4H3. The summed E-state index contributed by atoms with van der Waals surface area (Å²) in [6, 6.07) is 0. The highest BCUT2D eigenvalue weighted by molar-refractivity contribution is 7.92. The monoisotopic (exact) mass is 231 g/mol. The van der Waals surface area contributed by atoms with Crippen LogP contribution in [0.3, 0.4) is 0 Å². The fourth-order valence-corrected chi connectivity index (χ4v) is 1.41. The summed E-state index contributed by atoms with van der Waals surface area (Å²) < 4.78 is 22.7. The molecule has 0 saturated carbocycles. The van der Waals surface area contributed by atoms with Crippen molar-refractivity contribution in [2.45, 2.75) is 18.6 Å². The van der Waals surface area contributed by atoms with E-state index in [1.165, 1.54) is 24.7 Å². The van der Waals surface area contributed by atoms with Crippen molar-refractivity contribution in [2.75, 3.05) is 6.26 Å². The summed E-state index contributed by atoms with van der Waals surface area (Å²) in [5.74, 6) is -0.502. The molecule has 7 heteroatoms. The number of aryl methyl sites for hydroxylation is 1. The van der Waals surface area contributed by atoms with Gasteiger partial charge in [0.2, 0.25) is 5.78 Å². The van der Waals surface area contributed by atoms with Crippen LogP contribution in [0.5, 0.6) is 0 Å². The first-order valence-electron chi connectivity index (χ1n) is 4.27. The van der Waals surface area contributed by atoms with E-state index in [-0.39, 0.29) is 5.69 Å². The lowest BCUT2D eigenvalue weighted by molar-refractivity contribution is 0.0944. The van der Waals surface area contributed by atoms with Gasteiger partial charge in [-0.2, -0.15) is 0 Å². The van der Waals surface area contributed by atoms with Crippen LogP contribution in [0.2, 0.25) is 0 Å². The molecular formula is C8H13N3O3S. The zero-order chi connectivity index (χ0) is 11.9. The van der Waals surface area contributed by atoms with Crippen molar-refractivity contribution in [3.05, 3.63) is 11.9 Å². The Balaban J connectivity index is 3.23. The van der Waals surface area contributed by atoms with Gasteiger partial charge in [0.05, 0.1) is 6.20 Å². The van der Waals surface area contributed by atoms with Gasteiger partial charge in [-0.25, -0.2) is 13.1 Å². The zero-order valence-corrected chi connectivity index (χ0v) is 9.87. The lowest BCUT2D eigenvalue weighted by Crippen LogP contribution is -2.40. The Bertz CT molecular complexity index is 487. The molecule has 1 aromatic rings. The largest absolute Gasteiger partial charge is 0.291 e. The van der Waals surface area contributed by atoms with Crippen LogP contribution in [0.25, 0.3) is 0 Å². The Kier molecular flexibility index (Phi) is 2.69. The van der Waals surface area contributed by atoms with Crippen LogP contribution >= 0.6 is 0 Å². The van der Waals surface area contributed by atoms with E-state index in [1.807, 2.05) is 0 Å². The number of rotatable bonds is 3. The SMILES string of the molecule is Cn1nncc1C(=O)C(C)(C)S(C)(=O)=O. The minimum Gasteiger partial charge on any atom is -0.291 e. The molecule has 0 fully saturated rings. The van der Waals surface area contributed by atoms with Gasteiger partial charge in [0.25, 0.3) is 0 Å². The average molecular weight is 231 g/mol. The number of sulfone groups is 1. The number of aromatic nitrogens is 3. The molecule has 0 unspecified atom stereocenters. The zero-order valence-electron chi connectivity index (χ0n) is 9.05. The predicted molar refractivity (Wildman–Crippen MR) is 54.3 cm³/mol. The lowest BCUT2D eigenvalue weighted by Gasteiger charge is -2.20. The molecule has 1 rings (SSSR count). The van der Waals surface area contributed by atoms with Crippen molar-refractivity contribution in [1.82, 2.24) is 15.0 Å². The lowest BCUT2D eigenvalue weighted by atomic mass is 10.1. The maximum Gasteiger partial charge on any atom is 0.203 e. The molecule has 0 atom stereocenters. The van der Waals surface area contributed by atoms with Crippen LogP contribution in [-0.2, 0) is 16.9 Å². The topological polar surface area (TPSA) is 81.9 Å². The van der Waals surface area contributed by atoms with Gasteiger partial charge in [-0.15, -0.1) is 5.10 Å². The van der Waals surface area contributed by atoms with Gasteiger partial charge in [0.15, 0.2) is 9.84 Å². The summed E-state index contributed by atoms with van der Waals surface area (Å²) in [6.07, 6.45) is 2.30. The molecule has 0 aliphatic heterocycles. The highest BCUT2D eigenvalue weighted by atomic mass is 32.2. The molecular weight excluding hydrogens is 218 g/mol. The molecule has 0 radical (unpaired) electrons. The highest BCUT2D eigenvalue weighted by Crippen LogP contribution is 2.20. The third kappa shape index (κ3) is 1.92. The van der Waals surface area contributed by atoms with Gasteiger partial charge in [0, 0.05) is 13.3 Å². The fourth-order valence-electron chi connectivity index (χ4n) is 0.972. The number of ketones is 1. The normalized spacial score (nSPS) is 12.8. The molecule has 0 amide bonds. The van der Waals surface area contributed by atoms with Crippen molar-refractivity contribution in [3.8, 4) is 0 Å². The van der Waals surface area contributed by atoms with Crippen LogP contribution in [0, 0.1) is 0 Å². The Morgan fingerprint density at radius 1 is 1.47 bits per heavy atom. The molecule has 84 valence electrons. The molecule has 0 aliphatic rings. The van der Waals surface area contributed by atoms with Crippen molar-refractivity contribution in [2.24, 2.45) is 7.05 Å². The first-order valence-corrected chi connectivity index (χ1v) is 6.16. The second-order valence-electron chi connectivity index (χ2n) is 3.85. The molecule has 1 aromatic heterocycles. The van der Waals surface area contributed by atoms with E-state index < -0.39 is 20.4 Å². The summed E-state index contributed by atoms with van der Waals surface area (Å²) in [6.45, 7) is 2.75. The van der Waals surface area contributed by atoms with Crippen molar-refractivity contribution < 1.29 is 13.2 Å². The minimum absolute atomic E-state index is 0.186. The van der Waals surface area contributed by atoms with E-state index in [1.54, 1.807) is 7.05 Å². The van der Waals surface area contributed by atoms with Gasteiger partial charge in [-0.1, -0.05) is 5.21 Å². The molecule has 6 nitrogen and oxygen atoms in total. The summed E-state index contributed by atoms with van der Waals surface area (Å²) in [7, 11) is -1.92. The molecule has 0 N–H and O–H groups in total. The summed E-state index contributed by atoms with van der Waals surface area (Å²) in [4.78, 5) is 11.9. The number of Topliss-reactive ketones (excluding diaryl/α,β-unsaturated/α-hetero) is 1. The van der Waals surface area contributed by atoms with E-state index >= 15 is 0 Å². The Hall–Kier alpha value is -1.24. The minimum atomic E-state index is -3.46. The summed E-state index contributed by atoms with van der Waals surface area (Å²) >= 11 is 0. The fraction of sp³-hybridized carbons (Fsp3) is 0.625. The Morgan fingerprint density at radius 2 is 2.00 bits per heavy atom. The number of nitrogens with zero attached hydrogens (tertiary/aromatic N) is 3. The molecule has 0 spiro atoms. The quantitative estimate of drug-likeness (QED) is 0.674. The van der Waals surface area contributed by atoms with Crippen LogP contribution < -0.4 is 0 Å². The molecule has 0 aromatic carbocycles. The Morgan fingerprint density at radius 3 is 2.33 bits per heavy atom. The van der Waals surface area contributed by atoms with E-state index in [0.717, 1.165) is 6.26 Å². The van der Waals surface area contributed by atoms with Crippen LogP contribution in [-0.4, -0.2) is 40.2 Å². The van der Waals surface area contributed by atoms with Gasteiger partial charge in [-0.05, 0) is 13.8 Å². The van der Waals surface area contributed by atoms with Crippen molar-refractivity contribution in [1.29, 1.82) is 0 Å². The molecule has 15 heavy (non-hydrogen) atoms. The van der Waals surface area contributed by atoms with Crippen molar-refractivity contribution >= 4 is 15.6 Å². The summed E-state index contributed by atoms with van der Waals surface area (Å²) in [5, 5.41) is 7.12. The molecule has 0 bridgehead atoms. The number of carbonyl (C=O) groups excluding carboxylic acids is 1. The second kappa shape index (κ2) is 3.41. The average Bonchev–Trinajstić information content (AvgIpc) is 2.48. The maximum absolute atomic E-state index is 11.9. The number of carbonyl (C=O) groups is 1. The number of hydrogen-bond acceptors (Lipinski definition) is 5. The number of hydrogen-bond donors (Lipinski definition) is 0. The third-order valence-corrected chi connectivity index (χ3v) is 4.46. The molecule has 0 aliphatic carbocycles. The van der Waals surface area contributed by atoms with Crippen molar-refractivity contribution in [3.63, 3.8) is 0 Å². The van der Waals surface area contributed by atoms with Crippen LogP contribution in [0.1, 0.15) is 24.3 Å². The van der Waals surface area contributed by atoms with Gasteiger partial charge < -0.3 is 0 Å². The molecule has 0 saturated heterocycles. The third-order valence-electron chi connectivity index (χ3n) is 2.42. The summed E-state index contributed by atoms with van der Waals surface area (Å²) in [5.41, 5.74) is 0.186. The van der Waals surface area contributed by atoms with E-state index in [4.69, 9.17) is 0 Å². The second-order valence-corrected chi connectivity index (χ2v) is 6.42. The smallest absolute Gasteiger partial charge is 0.203 e. The van der Waals surface area contributed by atoms with Gasteiger partial charge in [-0.3, -0.25) is 4.79 Å². The Labute approximate surface area is 88.2 Å². The van der Waals surface area contributed by atoms with Gasteiger partial charge >= 0.3 is 0 Å². The maximum atomic E-state index is 11.9. The van der Waals surface area contributed by atoms with Crippen LogP contribution in [0.15, 0.2) is 6.20 Å².